The quantitative estimate of drug-likeness (QED) is 0.608. The molecule has 0 fully saturated rings. The lowest BCUT2D eigenvalue weighted by atomic mass is 10.7. The minimum absolute atomic E-state index is 0.135. The summed E-state index contributed by atoms with van der Waals surface area (Å²) in [6, 6.07) is 0. The average molecular weight is 163 g/mol. The van der Waals surface area contributed by atoms with Crippen LogP contribution in [-0.4, -0.2) is 26.1 Å². The predicted octanol–water partition coefficient (Wildman–Crippen LogP) is -0.282. The van der Waals surface area contributed by atoms with Crippen molar-refractivity contribution in [2.75, 3.05) is 12.3 Å². The number of sulfone groups is 1. The summed E-state index contributed by atoms with van der Waals surface area (Å²) in [5.41, 5.74) is 2.42. The van der Waals surface area contributed by atoms with E-state index < -0.39 is 15.2 Å². The first-order valence-electron chi connectivity index (χ1n) is 3.00. The Morgan fingerprint density at radius 2 is 2.40 bits per heavy atom. The maximum absolute atomic E-state index is 11.0. The Morgan fingerprint density at radius 3 is 2.80 bits per heavy atom. The van der Waals surface area contributed by atoms with E-state index in [-0.39, 0.29) is 12.3 Å². The number of hydrogen-bond donors (Lipinski definition) is 1. The third-order valence-corrected chi connectivity index (χ3v) is 3.28. The number of nitrogens with zero attached hydrogens (tertiary/aromatic N) is 2. The van der Waals surface area contributed by atoms with Crippen molar-refractivity contribution in [3.05, 3.63) is 0 Å². The molecule has 0 aromatic rings. The molecule has 6 heteroatoms. The summed E-state index contributed by atoms with van der Waals surface area (Å²) in [6.07, 6.45) is 0. The van der Waals surface area contributed by atoms with Gasteiger partial charge in [0.05, 0.1) is 6.54 Å². The third-order valence-electron chi connectivity index (χ3n) is 1.36. The molecule has 10 heavy (non-hydrogen) atoms. The van der Waals surface area contributed by atoms with E-state index in [2.05, 4.69) is 15.8 Å². The van der Waals surface area contributed by atoms with Crippen molar-refractivity contribution in [3.8, 4) is 0 Å². The van der Waals surface area contributed by atoms with Gasteiger partial charge in [-0.2, -0.15) is 5.11 Å². The maximum atomic E-state index is 11.0. The van der Waals surface area contributed by atoms with Gasteiger partial charge in [0.25, 0.3) is 0 Å². The zero-order valence-electron chi connectivity index (χ0n) is 5.61. The van der Waals surface area contributed by atoms with Gasteiger partial charge in [0.2, 0.25) is 0 Å². The Balaban J connectivity index is 2.67. The SMILES string of the molecule is CCS(=O)(=O)C1CN=NN1. The lowest BCUT2D eigenvalue weighted by molar-refractivity contribution is 0.573. The van der Waals surface area contributed by atoms with E-state index in [1.165, 1.54) is 0 Å². The molecular weight excluding hydrogens is 154 g/mol. The molecule has 0 saturated carbocycles. The molecule has 1 aliphatic heterocycles. The van der Waals surface area contributed by atoms with Crippen LogP contribution in [0.15, 0.2) is 10.3 Å². The number of hydrogen-bond acceptors (Lipinski definition) is 5. The highest BCUT2D eigenvalue weighted by molar-refractivity contribution is 7.91. The first-order chi connectivity index (χ1) is 4.67. The van der Waals surface area contributed by atoms with Crippen LogP contribution in [0.1, 0.15) is 6.92 Å². The first kappa shape index (κ1) is 7.46. The molecule has 1 unspecified atom stereocenters. The molecule has 5 nitrogen and oxygen atoms in total. The van der Waals surface area contributed by atoms with E-state index in [1.54, 1.807) is 6.92 Å². The molecule has 1 N–H and O–H groups in total. The molecule has 0 radical (unpaired) electrons. The minimum atomic E-state index is -3.00. The Morgan fingerprint density at radius 1 is 1.70 bits per heavy atom. The molecule has 0 aromatic heterocycles. The van der Waals surface area contributed by atoms with Crippen LogP contribution in [-0.2, 0) is 9.84 Å². The third kappa shape index (κ3) is 1.26. The van der Waals surface area contributed by atoms with Gasteiger partial charge in [0, 0.05) is 5.75 Å². The van der Waals surface area contributed by atoms with E-state index in [9.17, 15) is 8.42 Å². The zero-order chi connectivity index (χ0) is 7.61. The van der Waals surface area contributed by atoms with E-state index >= 15 is 0 Å². The summed E-state index contributed by atoms with van der Waals surface area (Å²) in [4.78, 5) is 0. The van der Waals surface area contributed by atoms with Gasteiger partial charge in [-0.15, -0.1) is 0 Å². The fourth-order valence-corrected chi connectivity index (χ4v) is 1.56. The summed E-state index contributed by atoms with van der Waals surface area (Å²) in [5.74, 6) is 0.135. The fourth-order valence-electron chi connectivity index (χ4n) is 0.656. The highest BCUT2D eigenvalue weighted by atomic mass is 32.2. The molecule has 0 saturated heterocycles. The van der Waals surface area contributed by atoms with Gasteiger partial charge in [-0.1, -0.05) is 12.1 Å². The topological polar surface area (TPSA) is 70.9 Å². The molecule has 0 bridgehead atoms. The molecule has 58 valence electrons. The van der Waals surface area contributed by atoms with E-state index in [0.717, 1.165) is 0 Å². The molecule has 0 spiro atoms. The van der Waals surface area contributed by atoms with Crippen LogP contribution in [0, 0.1) is 0 Å². The van der Waals surface area contributed by atoms with Crippen molar-refractivity contribution >= 4 is 9.84 Å². The molecule has 1 rings (SSSR count). The summed E-state index contributed by atoms with van der Waals surface area (Å²) in [7, 11) is -3.00. The van der Waals surface area contributed by atoms with Gasteiger partial charge >= 0.3 is 0 Å². The molecule has 1 heterocycles. The molecular formula is C4H9N3O2S. The molecule has 1 aliphatic rings. The second kappa shape index (κ2) is 2.53. The van der Waals surface area contributed by atoms with Crippen molar-refractivity contribution in [1.82, 2.24) is 5.43 Å². The predicted molar refractivity (Wildman–Crippen MR) is 36.1 cm³/mol. The van der Waals surface area contributed by atoms with Crippen molar-refractivity contribution in [2.45, 2.75) is 12.3 Å². The van der Waals surface area contributed by atoms with E-state index in [0.29, 0.717) is 0 Å². The summed E-state index contributed by atoms with van der Waals surface area (Å²) in [6.45, 7) is 1.85. The minimum Gasteiger partial charge on any atom is -0.272 e. The number of rotatable bonds is 2. The van der Waals surface area contributed by atoms with Crippen LogP contribution in [0.4, 0.5) is 0 Å². The van der Waals surface area contributed by atoms with Crippen LogP contribution in [0.5, 0.6) is 0 Å². The second-order valence-electron chi connectivity index (χ2n) is 1.99. The molecule has 0 aliphatic carbocycles. The molecule has 0 amide bonds. The molecule has 0 aromatic carbocycles. The smallest absolute Gasteiger partial charge is 0.174 e. The Hall–Kier alpha value is -0.650. The van der Waals surface area contributed by atoms with Gasteiger partial charge in [-0.05, 0) is 0 Å². The van der Waals surface area contributed by atoms with Crippen LogP contribution in [0.2, 0.25) is 0 Å². The normalized spacial score (nSPS) is 24.7. The van der Waals surface area contributed by atoms with Crippen molar-refractivity contribution < 1.29 is 8.42 Å². The second-order valence-corrected chi connectivity index (χ2v) is 4.47. The van der Waals surface area contributed by atoms with E-state index in [4.69, 9.17) is 0 Å². The Kier molecular flexibility index (Phi) is 1.89. The fraction of sp³-hybridized carbons (Fsp3) is 1.00. The standard InChI is InChI=1S/C4H9N3O2S/c1-2-10(8,9)4-3-5-7-6-4/h4H,2-3H2,1H3,(H,5,6). The van der Waals surface area contributed by atoms with Gasteiger partial charge in [-0.25, -0.2) is 8.42 Å². The first-order valence-corrected chi connectivity index (χ1v) is 4.72. The maximum Gasteiger partial charge on any atom is 0.174 e. The van der Waals surface area contributed by atoms with Crippen molar-refractivity contribution in [2.24, 2.45) is 10.3 Å². The summed E-state index contributed by atoms with van der Waals surface area (Å²) < 4.78 is 22.0. The highest BCUT2D eigenvalue weighted by Gasteiger charge is 2.25. The van der Waals surface area contributed by atoms with Crippen molar-refractivity contribution in [3.63, 3.8) is 0 Å². The molecule has 1 atom stereocenters. The van der Waals surface area contributed by atoms with Crippen LogP contribution >= 0.6 is 0 Å². The van der Waals surface area contributed by atoms with Gasteiger partial charge in [-0.3, -0.25) is 5.43 Å². The van der Waals surface area contributed by atoms with Gasteiger partial charge in [0.1, 0.15) is 0 Å². The van der Waals surface area contributed by atoms with Crippen LogP contribution < -0.4 is 5.43 Å². The lowest BCUT2D eigenvalue weighted by Gasteiger charge is -2.05. The van der Waals surface area contributed by atoms with Gasteiger partial charge in [0.15, 0.2) is 15.2 Å². The summed E-state index contributed by atoms with van der Waals surface area (Å²) in [5, 5.41) is 6.30. The van der Waals surface area contributed by atoms with Crippen LogP contribution in [0.3, 0.4) is 0 Å². The van der Waals surface area contributed by atoms with Crippen LogP contribution in [0.25, 0.3) is 0 Å². The lowest BCUT2D eigenvalue weighted by Crippen LogP contribution is -2.33. The summed E-state index contributed by atoms with van der Waals surface area (Å²) >= 11 is 0. The van der Waals surface area contributed by atoms with Crippen molar-refractivity contribution in [1.29, 1.82) is 0 Å². The highest BCUT2D eigenvalue weighted by Crippen LogP contribution is 2.04. The number of nitrogens with one attached hydrogen (secondary N) is 1. The zero-order valence-corrected chi connectivity index (χ0v) is 6.43. The Bertz CT molecular complexity index is 225. The monoisotopic (exact) mass is 163 g/mol. The van der Waals surface area contributed by atoms with Gasteiger partial charge < -0.3 is 0 Å². The van der Waals surface area contributed by atoms with E-state index in [1.807, 2.05) is 0 Å². The largest absolute Gasteiger partial charge is 0.272 e. The average Bonchev–Trinajstić information content (AvgIpc) is 2.38. The Labute approximate surface area is 59.4 Å².